The van der Waals surface area contributed by atoms with Gasteiger partial charge in [0, 0.05) is 0 Å². The lowest BCUT2D eigenvalue weighted by Crippen LogP contribution is -2.55. The molecule has 3 nitrogen and oxygen atoms in total. The van der Waals surface area contributed by atoms with Crippen LogP contribution in [0.15, 0.2) is 24.3 Å². The van der Waals surface area contributed by atoms with E-state index in [0.29, 0.717) is 0 Å². The lowest BCUT2D eigenvalue weighted by atomic mass is 9.71. The molecule has 0 atom stereocenters. The topological polar surface area (TPSA) is 38.3 Å². The maximum absolute atomic E-state index is 11.8. The summed E-state index contributed by atoms with van der Waals surface area (Å²) in [5.74, 6) is 0. The van der Waals surface area contributed by atoms with Crippen molar-refractivity contribution in [3.63, 3.8) is 0 Å². The van der Waals surface area contributed by atoms with Gasteiger partial charge in [-0.25, -0.2) is 4.79 Å². The minimum absolute atomic E-state index is 0.251. The first kappa shape index (κ1) is 13.8. The van der Waals surface area contributed by atoms with Gasteiger partial charge in [0.25, 0.3) is 0 Å². The van der Waals surface area contributed by atoms with E-state index in [1.165, 1.54) is 0 Å². The van der Waals surface area contributed by atoms with Gasteiger partial charge in [0.05, 0.1) is 5.54 Å². The number of nitrogens with one attached hydrogen (secondary N) is 1. The predicted octanol–water partition coefficient (Wildman–Crippen LogP) is 3.57. The van der Waals surface area contributed by atoms with Crippen LogP contribution in [0.4, 0.5) is 4.79 Å². The highest BCUT2D eigenvalue weighted by Crippen LogP contribution is 2.38. The van der Waals surface area contributed by atoms with E-state index in [-0.39, 0.29) is 11.6 Å². The fraction of sp³-hybridized carbons (Fsp3) is 0.643. The Balaban J connectivity index is 2.70. The van der Waals surface area contributed by atoms with Crippen molar-refractivity contribution in [1.29, 1.82) is 0 Å². The van der Waals surface area contributed by atoms with Crippen LogP contribution in [0.3, 0.4) is 0 Å². The summed E-state index contributed by atoms with van der Waals surface area (Å²) in [5.41, 5.74) is 0.368. The third-order valence-electron chi connectivity index (χ3n) is 3.03. The standard InChI is InChI=1S/C14H23NO2/c1-6-11(7-2)14(9-8-10-14)15-12(16)17-13(3,4)5/h6-7H,1,8-10H2,2-5H3,(H,15,16). The Morgan fingerprint density at radius 3 is 2.29 bits per heavy atom. The zero-order valence-electron chi connectivity index (χ0n) is 11.3. The van der Waals surface area contributed by atoms with E-state index in [1.54, 1.807) is 0 Å². The minimum Gasteiger partial charge on any atom is -0.444 e. The molecule has 0 aromatic rings. The summed E-state index contributed by atoms with van der Waals surface area (Å²) in [4.78, 5) is 11.8. The van der Waals surface area contributed by atoms with E-state index in [2.05, 4.69) is 11.9 Å². The molecule has 0 bridgehead atoms. The van der Waals surface area contributed by atoms with Crippen molar-refractivity contribution in [2.24, 2.45) is 0 Å². The molecule has 96 valence electrons. The van der Waals surface area contributed by atoms with Crippen LogP contribution >= 0.6 is 0 Å². The van der Waals surface area contributed by atoms with Crippen LogP contribution < -0.4 is 5.32 Å². The number of ether oxygens (including phenoxy) is 1. The Kier molecular flexibility index (Phi) is 4.02. The van der Waals surface area contributed by atoms with E-state index < -0.39 is 5.60 Å². The fourth-order valence-electron chi connectivity index (χ4n) is 2.10. The SMILES string of the molecule is C=CC(=CC)C1(NC(=O)OC(C)(C)C)CCC1. The number of carbonyl (C=O) groups excluding carboxylic acids is 1. The molecule has 0 spiro atoms. The molecule has 1 rings (SSSR count). The van der Waals surface area contributed by atoms with Crippen LogP contribution in [-0.2, 0) is 4.74 Å². The van der Waals surface area contributed by atoms with Gasteiger partial charge in [-0.1, -0.05) is 18.7 Å². The third-order valence-corrected chi connectivity index (χ3v) is 3.03. The largest absolute Gasteiger partial charge is 0.444 e. The van der Waals surface area contributed by atoms with Crippen molar-refractivity contribution in [2.45, 2.75) is 58.1 Å². The van der Waals surface area contributed by atoms with Crippen molar-refractivity contribution in [3.05, 3.63) is 24.3 Å². The molecule has 0 aliphatic heterocycles. The molecular formula is C14H23NO2. The first-order chi connectivity index (χ1) is 7.83. The molecule has 1 aliphatic rings. The predicted molar refractivity (Wildman–Crippen MR) is 69.9 cm³/mol. The molecule has 1 amide bonds. The smallest absolute Gasteiger partial charge is 0.408 e. The summed E-state index contributed by atoms with van der Waals surface area (Å²) < 4.78 is 5.30. The highest BCUT2D eigenvalue weighted by molar-refractivity contribution is 5.70. The highest BCUT2D eigenvalue weighted by atomic mass is 16.6. The molecule has 0 aromatic heterocycles. The second kappa shape index (κ2) is 4.94. The lowest BCUT2D eigenvalue weighted by molar-refractivity contribution is 0.0425. The quantitative estimate of drug-likeness (QED) is 0.762. The number of hydrogen-bond acceptors (Lipinski definition) is 2. The van der Waals surface area contributed by atoms with Crippen LogP contribution in [-0.4, -0.2) is 17.2 Å². The number of amides is 1. The first-order valence-electron chi connectivity index (χ1n) is 6.13. The average Bonchev–Trinajstić information content (AvgIpc) is 2.12. The van der Waals surface area contributed by atoms with Gasteiger partial charge in [-0.15, -0.1) is 0 Å². The number of alkyl carbamates (subject to hydrolysis) is 1. The highest BCUT2D eigenvalue weighted by Gasteiger charge is 2.41. The number of allylic oxidation sites excluding steroid dienone is 1. The Hall–Kier alpha value is -1.25. The molecule has 0 saturated heterocycles. The minimum atomic E-state index is -0.459. The van der Waals surface area contributed by atoms with Crippen molar-refractivity contribution < 1.29 is 9.53 Å². The number of rotatable bonds is 3. The molecule has 1 fully saturated rings. The van der Waals surface area contributed by atoms with Gasteiger partial charge in [-0.3, -0.25) is 0 Å². The molecular weight excluding hydrogens is 214 g/mol. The monoisotopic (exact) mass is 237 g/mol. The van der Waals surface area contributed by atoms with Crippen molar-refractivity contribution in [1.82, 2.24) is 5.32 Å². The Bertz CT molecular complexity index is 333. The average molecular weight is 237 g/mol. The second-order valence-corrected chi connectivity index (χ2v) is 5.51. The Morgan fingerprint density at radius 2 is 2.00 bits per heavy atom. The Morgan fingerprint density at radius 1 is 1.41 bits per heavy atom. The van der Waals surface area contributed by atoms with E-state index in [0.717, 1.165) is 24.8 Å². The van der Waals surface area contributed by atoms with E-state index >= 15 is 0 Å². The summed E-state index contributed by atoms with van der Waals surface area (Å²) in [6.45, 7) is 11.4. The maximum atomic E-state index is 11.8. The van der Waals surface area contributed by atoms with Crippen LogP contribution in [0.2, 0.25) is 0 Å². The van der Waals surface area contributed by atoms with Crippen LogP contribution in [0, 0.1) is 0 Å². The fourth-order valence-corrected chi connectivity index (χ4v) is 2.10. The molecule has 1 N–H and O–H groups in total. The number of carbonyl (C=O) groups is 1. The van der Waals surface area contributed by atoms with Gasteiger partial charge in [-0.05, 0) is 52.5 Å². The van der Waals surface area contributed by atoms with Crippen molar-refractivity contribution in [2.75, 3.05) is 0 Å². The first-order valence-corrected chi connectivity index (χ1v) is 6.13. The van der Waals surface area contributed by atoms with Gasteiger partial charge in [0.1, 0.15) is 5.60 Å². The van der Waals surface area contributed by atoms with Crippen LogP contribution in [0.1, 0.15) is 47.0 Å². The van der Waals surface area contributed by atoms with Gasteiger partial charge < -0.3 is 10.1 Å². The van der Waals surface area contributed by atoms with Crippen LogP contribution in [0.5, 0.6) is 0 Å². The summed E-state index contributed by atoms with van der Waals surface area (Å²) in [7, 11) is 0. The van der Waals surface area contributed by atoms with Gasteiger partial charge in [-0.2, -0.15) is 0 Å². The van der Waals surface area contributed by atoms with Gasteiger partial charge in [0.15, 0.2) is 0 Å². The lowest BCUT2D eigenvalue weighted by Gasteiger charge is -2.43. The number of hydrogen-bond donors (Lipinski definition) is 1. The molecule has 0 unspecified atom stereocenters. The van der Waals surface area contributed by atoms with Gasteiger partial charge >= 0.3 is 6.09 Å². The third kappa shape index (κ3) is 3.35. The molecule has 1 aliphatic carbocycles. The second-order valence-electron chi connectivity index (χ2n) is 5.51. The van der Waals surface area contributed by atoms with Crippen molar-refractivity contribution in [3.8, 4) is 0 Å². The van der Waals surface area contributed by atoms with E-state index in [9.17, 15) is 4.79 Å². The molecule has 3 heteroatoms. The van der Waals surface area contributed by atoms with E-state index in [1.807, 2.05) is 39.8 Å². The molecule has 0 aromatic carbocycles. The van der Waals surface area contributed by atoms with E-state index in [4.69, 9.17) is 4.74 Å². The normalized spacial score (nSPS) is 19.2. The molecule has 0 radical (unpaired) electrons. The Labute approximate surface area is 104 Å². The van der Waals surface area contributed by atoms with Gasteiger partial charge in [0.2, 0.25) is 0 Å². The molecule has 0 heterocycles. The maximum Gasteiger partial charge on any atom is 0.408 e. The summed E-state index contributed by atoms with van der Waals surface area (Å²) in [6, 6.07) is 0. The zero-order chi connectivity index (χ0) is 13.1. The summed E-state index contributed by atoms with van der Waals surface area (Å²) in [5, 5.41) is 2.99. The molecule has 1 saturated carbocycles. The molecule has 17 heavy (non-hydrogen) atoms. The van der Waals surface area contributed by atoms with Crippen molar-refractivity contribution >= 4 is 6.09 Å². The zero-order valence-corrected chi connectivity index (χ0v) is 11.3. The summed E-state index contributed by atoms with van der Waals surface area (Å²) in [6.07, 6.45) is 6.51. The van der Waals surface area contributed by atoms with Crippen LogP contribution in [0.25, 0.3) is 0 Å². The summed E-state index contributed by atoms with van der Waals surface area (Å²) >= 11 is 0.